The number of hydrogen-bond acceptors (Lipinski definition) is 6. The summed E-state index contributed by atoms with van der Waals surface area (Å²) >= 11 is 6.04. The Morgan fingerprint density at radius 3 is 2.53 bits per heavy atom. The molecule has 1 saturated heterocycles. The molecule has 2 aromatic heterocycles. The molecule has 4 rings (SSSR count). The minimum absolute atomic E-state index is 0.0941. The fourth-order valence-corrected chi connectivity index (χ4v) is 4.07. The zero-order chi connectivity index (χ0) is 24.3. The number of furan rings is 1. The second-order valence-corrected chi connectivity index (χ2v) is 8.12. The van der Waals surface area contributed by atoms with Crippen LogP contribution in [0.3, 0.4) is 0 Å². The van der Waals surface area contributed by atoms with Crippen LogP contribution >= 0.6 is 11.6 Å². The molecule has 1 aliphatic heterocycles. The smallest absolute Gasteiger partial charge is 0.433 e. The number of carbonyl (C=O) groups excluding carboxylic acids is 1. The number of anilines is 1. The molecule has 1 fully saturated rings. The Hall–Kier alpha value is -3.58. The van der Waals surface area contributed by atoms with E-state index in [0.29, 0.717) is 10.6 Å². The molecular formula is C23H19ClF3N5O2. The number of piperazine rings is 1. The van der Waals surface area contributed by atoms with Gasteiger partial charge >= 0.3 is 6.18 Å². The van der Waals surface area contributed by atoms with Crippen molar-refractivity contribution in [1.82, 2.24) is 14.9 Å². The summed E-state index contributed by atoms with van der Waals surface area (Å²) in [5.41, 5.74) is -0.596. The van der Waals surface area contributed by atoms with Gasteiger partial charge in [0.2, 0.25) is 0 Å². The average Bonchev–Trinajstić information content (AvgIpc) is 3.34. The number of alkyl halides is 3. The molecule has 0 N–H and O–H groups in total. The van der Waals surface area contributed by atoms with Crippen LogP contribution in [0.15, 0.2) is 47.1 Å². The maximum atomic E-state index is 14.0. The molecule has 34 heavy (non-hydrogen) atoms. The van der Waals surface area contributed by atoms with Gasteiger partial charge < -0.3 is 14.2 Å². The van der Waals surface area contributed by atoms with Gasteiger partial charge in [-0.1, -0.05) is 23.7 Å². The standard InChI is InChI=1S/C23H19ClF3N5O2/c24-16-4-1-3-15(13-16)14-17-20(23(25,26)27)29-19(6-7-28)30-21(17)31-8-10-32(11-9-31)22(33)18-5-2-12-34-18/h1-5,12-13H,6,8-11,14H2. The molecule has 0 atom stereocenters. The van der Waals surface area contributed by atoms with E-state index < -0.39 is 11.9 Å². The highest BCUT2D eigenvalue weighted by atomic mass is 35.5. The third kappa shape index (κ3) is 5.15. The topological polar surface area (TPSA) is 86.3 Å². The molecule has 0 saturated carbocycles. The summed E-state index contributed by atoms with van der Waals surface area (Å²) in [6, 6.07) is 11.6. The Kier molecular flexibility index (Phi) is 6.75. The number of benzene rings is 1. The summed E-state index contributed by atoms with van der Waals surface area (Å²) in [6.45, 7) is 1.06. The van der Waals surface area contributed by atoms with Crippen LogP contribution in [0.4, 0.5) is 19.0 Å². The lowest BCUT2D eigenvalue weighted by atomic mass is 10.0. The van der Waals surface area contributed by atoms with Crippen LogP contribution in [0, 0.1) is 11.3 Å². The fourth-order valence-electron chi connectivity index (χ4n) is 3.85. The SMILES string of the molecule is N#CCc1nc(N2CCN(C(=O)c3ccco3)CC2)c(Cc2cccc(Cl)c2)c(C(F)(F)F)n1. The minimum Gasteiger partial charge on any atom is -0.459 e. The fraction of sp³-hybridized carbons (Fsp3) is 0.304. The van der Waals surface area contributed by atoms with E-state index in [2.05, 4.69) is 9.97 Å². The number of nitrogens with zero attached hydrogens (tertiary/aromatic N) is 5. The lowest BCUT2D eigenvalue weighted by Gasteiger charge is -2.36. The maximum absolute atomic E-state index is 14.0. The van der Waals surface area contributed by atoms with Crippen LogP contribution in [0.5, 0.6) is 0 Å². The number of hydrogen-bond donors (Lipinski definition) is 0. The van der Waals surface area contributed by atoms with Gasteiger partial charge in [-0.05, 0) is 29.8 Å². The van der Waals surface area contributed by atoms with Crippen molar-refractivity contribution in [3.63, 3.8) is 0 Å². The molecule has 1 amide bonds. The van der Waals surface area contributed by atoms with E-state index in [1.165, 1.54) is 6.26 Å². The zero-order valence-corrected chi connectivity index (χ0v) is 18.6. The van der Waals surface area contributed by atoms with Crippen LogP contribution in [-0.2, 0) is 19.0 Å². The molecular weight excluding hydrogens is 471 g/mol. The van der Waals surface area contributed by atoms with Crippen LogP contribution in [-0.4, -0.2) is 47.0 Å². The molecule has 0 spiro atoms. The molecule has 3 aromatic rings. The molecule has 0 bridgehead atoms. The second-order valence-electron chi connectivity index (χ2n) is 7.69. The number of aromatic nitrogens is 2. The van der Waals surface area contributed by atoms with Gasteiger partial charge in [0.25, 0.3) is 5.91 Å². The van der Waals surface area contributed by atoms with E-state index in [-0.39, 0.29) is 67.9 Å². The van der Waals surface area contributed by atoms with Gasteiger partial charge in [-0.15, -0.1) is 0 Å². The van der Waals surface area contributed by atoms with Crippen LogP contribution in [0.2, 0.25) is 5.02 Å². The van der Waals surface area contributed by atoms with Crippen molar-refractivity contribution in [1.29, 1.82) is 5.26 Å². The van der Waals surface area contributed by atoms with Gasteiger partial charge in [0.1, 0.15) is 11.6 Å². The molecule has 1 aromatic carbocycles. The molecule has 0 unspecified atom stereocenters. The Labute approximate surface area is 198 Å². The van der Waals surface area contributed by atoms with Gasteiger partial charge in [0.05, 0.1) is 18.8 Å². The highest BCUT2D eigenvalue weighted by molar-refractivity contribution is 6.30. The molecule has 176 valence electrons. The van der Waals surface area contributed by atoms with E-state index in [1.807, 2.05) is 6.07 Å². The molecule has 1 aliphatic rings. The third-order valence-electron chi connectivity index (χ3n) is 5.41. The van der Waals surface area contributed by atoms with Gasteiger partial charge in [-0.3, -0.25) is 4.79 Å². The molecule has 3 heterocycles. The van der Waals surface area contributed by atoms with Crippen molar-refractivity contribution in [2.75, 3.05) is 31.1 Å². The Morgan fingerprint density at radius 1 is 1.15 bits per heavy atom. The largest absolute Gasteiger partial charge is 0.459 e. The van der Waals surface area contributed by atoms with Crippen LogP contribution < -0.4 is 4.90 Å². The number of rotatable bonds is 5. The summed E-state index contributed by atoms with van der Waals surface area (Å²) in [7, 11) is 0. The predicted octanol–water partition coefficient (Wildman–Crippen LogP) is 4.36. The van der Waals surface area contributed by atoms with E-state index in [0.717, 1.165) is 0 Å². The van der Waals surface area contributed by atoms with Crippen LogP contribution in [0.1, 0.15) is 33.2 Å². The molecule has 7 nitrogen and oxygen atoms in total. The molecule has 0 radical (unpaired) electrons. The van der Waals surface area contributed by atoms with E-state index in [9.17, 15) is 18.0 Å². The summed E-state index contributed by atoms with van der Waals surface area (Å²) in [4.78, 5) is 23.9. The summed E-state index contributed by atoms with van der Waals surface area (Å²) in [6.07, 6.45) is -3.79. The van der Waals surface area contributed by atoms with Crippen LogP contribution in [0.25, 0.3) is 0 Å². The summed E-state index contributed by atoms with van der Waals surface area (Å²) in [5.74, 6) is -0.174. The number of nitriles is 1. The van der Waals surface area contributed by atoms with Crippen molar-refractivity contribution < 1.29 is 22.4 Å². The van der Waals surface area contributed by atoms with Gasteiger partial charge in [-0.25, -0.2) is 9.97 Å². The van der Waals surface area contributed by atoms with E-state index in [1.54, 1.807) is 46.2 Å². The Bertz CT molecular complexity index is 1220. The van der Waals surface area contributed by atoms with Gasteiger partial charge in [0.15, 0.2) is 11.5 Å². The van der Waals surface area contributed by atoms with E-state index in [4.69, 9.17) is 21.3 Å². The average molecular weight is 490 g/mol. The number of halogens is 4. The zero-order valence-electron chi connectivity index (χ0n) is 17.8. The first-order valence-corrected chi connectivity index (χ1v) is 10.8. The van der Waals surface area contributed by atoms with Gasteiger partial charge in [-0.2, -0.15) is 18.4 Å². The second kappa shape index (κ2) is 9.73. The first-order chi connectivity index (χ1) is 16.3. The minimum atomic E-state index is -4.74. The number of amides is 1. The maximum Gasteiger partial charge on any atom is 0.433 e. The molecule has 0 aliphatic carbocycles. The first kappa shape index (κ1) is 23.6. The Morgan fingerprint density at radius 2 is 1.91 bits per heavy atom. The monoisotopic (exact) mass is 489 g/mol. The highest BCUT2D eigenvalue weighted by Gasteiger charge is 2.39. The van der Waals surface area contributed by atoms with Gasteiger partial charge in [0, 0.05) is 43.2 Å². The van der Waals surface area contributed by atoms with Crippen molar-refractivity contribution in [2.24, 2.45) is 0 Å². The third-order valence-corrected chi connectivity index (χ3v) is 5.64. The van der Waals surface area contributed by atoms with Crippen molar-refractivity contribution in [3.8, 4) is 6.07 Å². The summed E-state index contributed by atoms with van der Waals surface area (Å²) < 4.78 is 47.3. The van der Waals surface area contributed by atoms with Crippen molar-refractivity contribution in [3.05, 3.63) is 76.1 Å². The normalized spacial score (nSPS) is 14.2. The van der Waals surface area contributed by atoms with Crippen molar-refractivity contribution in [2.45, 2.75) is 19.0 Å². The van der Waals surface area contributed by atoms with E-state index >= 15 is 0 Å². The number of carbonyl (C=O) groups is 1. The predicted molar refractivity (Wildman–Crippen MR) is 117 cm³/mol. The lowest BCUT2D eigenvalue weighted by Crippen LogP contribution is -2.49. The first-order valence-electron chi connectivity index (χ1n) is 10.4. The Balaban J connectivity index is 1.69. The summed E-state index contributed by atoms with van der Waals surface area (Å²) in [5, 5.41) is 9.45. The quantitative estimate of drug-likeness (QED) is 0.529. The lowest BCUT2D eigenvalue weighted by molar-refractivity contribution is -0.141. The van der Waals surface area contributed by atoms with Crippen molar-refractivity contribution >= 4 is 23.3 Å². The highest BCUT2D eigenvalue weighted by Crippen LogP contribution is 2.36. The molecule has 11 heteroatoms.